The molecule has 3 N–H and O–H groups in total. The van der Waals surface area contributed by atoms with Crippen LogP contribution in [0.25, 0.3) is 0 Å². The predicted octanol–water partition coefficient (Wildman–Crippen LogP) is 4.99. The van der Waals surface area contributed by atoms with Crippen molar-refractivity contribution in [2.75, 3.05) is 33.0 Å². The SMILES string of the molecule is CCCCCCCCCCCCCCCC(=O)NC(CCC(=O)NCCOCCOCC)C(=O)O. The average molecular weight is 501 g/mol. The van der Waals surface area contributed by atoms with Crippen LogP contribution in [0.1, 0.15) is 117 Å². The first kappa shape index (κ1) is 33.3. The van der Waals surface area contributed by atoms with Crippen molar-refractivity contribution >= 4 is 17.8 Å². The third-order valence-electron chi connectivity index (χ3n) is 5.95. The number of aliphatic carboxylic acids is 1. The maximum absolute atomic E-state index is 12.1. The number of carbonyl (C=O) groups excluding carboxylic acids is 2. The summed E-state index contributed by atoms with van der Waals surface area (Å²) in [5.74, 6) is -1.63. The van der Waals surface area contributed by atoms with Crippen molar-refractivity contribution in [1.82, 2.24) is 10.6 Å². The molecule has 0 aromatic rings. The highest BCUT2D eigenvalue weighted by Gasteiger charge is 2.20. The molecule has 0 aliphatic heterocycles. The number of carbonyl (C=O) groups is 3. The van der Waals surface area contributed by atoms with Gasteiger partial charge in [-0.2, -0.15) is 0 Å². The zero-order valence-electron chi connectivity index (χ0n) is 22.4. The number of hydrogen-bond acceptors (Lipinski definition) is 5. The van der Waals surface area contributed by atoms with E-state index >= 15 is 0 Å². The molecule has 0 saturated heterocycles. The first-order chi connectivity index (χ1) is 17.0. The summed E-state index contributed by atoms with van der Waals surface area (Å²) in [7, 11) is 0. The summed E-state index contributed by atoms with van der Waals surface area (Å²) in [4.78, 5) is 35.5. The smallest absolute Gasteiger partial charge is 0.326 e. The number of nitrogens with one attached hydrogen (secondary N) is 2. The van der Waals surface area contributed by atoms with Gasteiger partial charge in [-0.15, -0.1) is 0 Å². The number of amides is 2. The van der Waals surface area contributed by atoms with Crippen LogP contribution in [0.4, 0.5) is 0 Å². The summed E-state index contributed by atoms with van der Waals surface area (Å²) < 4.78 is 10.5. The Bertz CT molecular complexity index is 530. The van der Waals surface area contributed by atoms with E-state index in [2.05, 4.69) is 17.6 Å². The molecule has 0 spiro atoms. The molecule has 0 radical (unpaired) electrons. The van der Waals surface area contributed by atoms with Crippen LogP contribution in [-0.2, 0) is 23.9 Å². The van der Waals surface area contributed by atoms with Gasteiger partial charge in [0.15, 0.2) is 0 Å². The first-order valence-electron chi connectivity index (χ1n) is 14.0. The molecule has 0 aromatic carbocycles. The fraction of sp³-hybridized carbons (Fsp3) is 0.889. The summed E-state index contributed by atoms with van der Waals surface area (Å²) in [6.45, 7) is 6.51. The van der Waals surface area contributed by atoms with E-state index in [0.717, 1.165) is 19.3 Å². The van der Waals surface area contributed by atoms with Gasteiger partial charge in [0, 0.05) is 26.0 Å². The molecule has 2 amide bonds. The number of hydrogen-bond donors (Lipinski definition) is 3. The third kappa shape index (κ3) is 23.8. The summed E-state index contributed by atoms with van der Waals surface area (Å²) >= 11 is 0. The minimum atomic E-state index is -1.12. The van der Waals surface area contributed by atoms with Crippen LogP contribution >= 0.6 is 0 Å². The first-order valence-corrected chi connectivity index (χ1v) is 14.0. The number of carboxylic acids is 1. The van der Waals surface area contributed by atoms with E-state index in [1.807, 2.05) is 6.92 Å². The normalized spacial score (nSPS) is 11.8. The highest BCUT2D eigenvalue weighted by Crippen LogP contribution is 2.13. The molecule has 0 saturated carbocycles. The molecule has 0 heterocycles. The lowest BCUT2D eigenvalue weighted by Crippen LogP contribution is -2.41. The van der Waals surface area contributed by atoms with E-state index in [4.69, 9.17) is 9.47 Å². The molecule has 1 atom stereocenters. The van der Waals surface area contributed by atoms with Gasteiger partial charge >= 0.3 is 5.97 Å². The number of rotatable bonds is 26. The molecule has 1 unspecified atom stereocenters. The Kier molecular flexibility index (Phi) is 24.2. The van der Waals surface area contributed by atoms with Crippen molar-refractivity contribution in [2.45, 2.75) is 123 Å². The Morgan fingerprint density at radius 3 is 1.77 bits per heavy atom. The maximum atomic E-state index is 12.1. The van der Waals surface area contributed by atoms with Crippen molar-refractivity contribution in [3.8, 4) is 0 Å². The second-order valence-corrected chi connectivity index (χ2v) is 9.15. The Hall–Kier alpha value is -1.67. The molecule has 0 rings (SSSR count). The van der Waals surface area contributed by atoms with Gasteiger partial charge in [0.05, 0.1) is 19.8 Å². The zero-order chi connectivity index (χ0) is 26.0. The van der Waals surface area contributed by atoms with E-state index in [9.17, 15) is 19.5 Å². The van der Waals surface area contributed by atoms with Gasteiger partial charge in [0.2, 0.25) is 11.8 Å². The van der Waals surface area contributed by atoms with Gasteiger partial charge in [-0.05, 0) is 19.8 Å². The van der Waals surface area contributed by atoms with Crippen LogP contribution in [-0.4, -0.2) is 61.9 Å². The van der Waals surface area contributed by atoms with Crippen LogP contribution in [0, 0.1) is 0 Å². The number of unbranched alkanes of at least 4 members (excludes halogenated alkanes) is 12. The second kappa shape index (κ2) is 25.4. The lowest BCUT2D eigenvalue weighted by atomic mass is 10.0. The topological polar surface area (TPSA) is 114 Å². The number of ether oxygens (including phenoxy) is 2. The molecule has 0 bridgehead atoms. The minimum Gasteiger partial charge on any atom is -0.480 e. The number of carboxylic acid groups (broad SMARTS) is 1. The molecule has 8 nitrogen and oxygen atoms in total. The molecule has 206 valence electrons. The lowest BCUT2D eigenvalue weighted by molar-refractivity contribution is -0.142. The van der Waals surface area contributed by atoms with Gasteiger partial charge in [-0.25, -0.2) is 4.79 Å². The molecule has 0 aromatic heterocycles. The van der Waals surface area contributed by atoms with Gasteiger partial charge in [0.25, 0.3) is 0 Å². The fourth-order valence-corrected chi connectivity index (χ4v) is 3.82. The van der Waals surface area contributed by atoms with Crippen molar-refractivity contribution in [3.63, 3.8) is 0 Å². The average Bonchev–Trinajstić information content (AvgIpc) is 2.83. The van der Waals surface area contributed by atoms with Gasteiger partial charge in [-0.3, -0.25) is 9.59 Å². The van der Waals surface area contributed by atoms with E-state index in [-0.39, 0.29) is 24.7 Å². The largest absolute Gasteiger partial charge is 0.480 e. The summed E-state index contributed by atoms with van der Waals surface area (Å²) in [5, 5.41) is 14.6. The van der Waals surface area contributed by atoms with Crippen LogP contribution in [0.5, 0.6) is 0 Å². The summed E-state index contributed by atoms with van der Waals surface area (Å²) in [6, 6.07) is -1.04. The Labute approximate surface area is 213 Å². The van der Waals surface area contributed by atoms with E-state index in [1.165, 1.54) is 64.2 Å². The Morgan fingerprint density at radius 1 is 0.686 bits per heavy atom. The second-order valence-electron chi connectivity index (χ2n) is 9.15. The molecule has 0 aliphatic rings. The Balaban J connectivity index is 3.71. The molecular weight excluding hydrogens is 448 g/mol. The maximum Gasteiger partial charge on any atom is 0.326 e. The lowest BCUT2D eigenvalue weighted by Gasteiger charge is -2.14. The van der Waals surface area contributed by atoms with Crippen molar-refractivity contribution < 1.29 is 29.0 Å². The molecule has 0 aliphatic carbocycles. The highest BCUT2D eigenvalue weighted by molar-refractivity contribution is 5.84. The zero-order valence-corrected chi connectivity index (χ0v) is 22.4. The van der Waals surface area contributed by atoms with Gasteiger partial charge in [-0.1, -0.05) is 84.0 Å². The van der Waals surface area contributed by atoms with Crippen molar-refractivity contribution in [2.24, 2.45) is 0 Å². The molecular formula is C27H52N2O6. The van der Waals surface area contributed by atoms with Gasteiger partial charge < -0.3 is 25.2 Å². The molecule has 35 heavy (non-hydrogen) atoms. The molecule has 8 heteroatoms. The quantitative estimate of drug-likeness (QED) is 0.144. The highest BCUT2D eigenvalue weighted by atomic mass is 16.5. The van der Waals surface area contributed by atoms with E-state index in [1.54, 1.807) is 0 Å². The minimum absolute atomic E-state index is 0.0366. The van der Waals surface area contributed by atoms with Crippen LogP contribution in [0.3, 0.4) is 0 Å². The van der Waals surface area contributed by atoms with Crippen LogP contribution in [0.15, 0.2) is 0 Å². The standard InChI is InChI=1S/C27H52N2O6/c1-3-5-6-7-8-9-10-11-12-13-14-15-16-17-26(31)29-24(27(32)33)18-19-25(30)28-20-21-35-23-22-34-4-2/h24H,3-23H2,1-2H3,(H,28,30)(H,29,31)(H,32,33). The van der Waals surface area contributed by atoms with Crippen LogP contribution < -0.4 is 10.6 Å². The van der Waals surface area contributed by atoms with Crippen LogP contribution in [0.2, 0.25) is 0 Å². The molecule has 0 fully saturated rings. The van der Waals surface area contributed by atoms with E-state index in [0.29, 0.717) is 39.4 Å². The summed E-state index contributed by atoms with van der Waals surface area (Å²) in [5.41, 5.74) is 0. The summed E-state index contributed by atoms with van der Waals surface area (Å²) in [6.07, 6.45) is 16.5. The monoisotopic (exact) mass is 500 g/mol. The van der Waals surface area contributed by atoms with E-state index < -0.39 is 12.0 Å². The van der Waals surface area contributed by atoms with Crippen molar-refractivity contribution in [1.29, 1.82) is 0 Å². The predicted molar refractivity (Wildman–Crippen MR) is 139 cm³/mol. The fourth-order valence-electron chi connectivity index (χ4n) is 3.82. The van der Waals surface area contributed by atoms with Crippen molar-refractivity contribution in [3.05, 3.63) is 0 Å². The Morgan fingerprint density at radius 2 is 1.23 bits per heavy atom. The third-order valence-corrected chi connectivity index (χ3v) is 5.95. The van der Waals surface area contributed by atoms with Gasteiger partial charge in [0.1, 0.15) is 6.04 Å².